The molecule has 1 amide bonds. The predicted octanol–water partition coefficient (Wildman–Crippen LogP) is 1.68. The van der Waals surface area contributed by atoms with E-state index in [4.69, 9.17) is 5.73 Å². The summed E-state index contributed by atoms with van der Waals surface area (Å²) in [6.45, 7) is 4.13. The summed E-state index contributed by atoms with van der Waals surface area (Å²) in [5.74, 6) is 0.0535. The van der Waals surface area contributed by atoms with Gasteiger partial charge in [-0.1, -0.05) is 24.3 Å². The third-order valence-electron chi connectivity index (χ3n) is 3.51. The fourth-order valence-corrected chi connectivity index (χ4v) is 2.13. The van der Waals surface area contributed by atoms with Crippen LogP contribution in [0.5, 0.6) is 0 Å². The van der Waals surface area contributed by atoms with Crippen molar-refractivity contribution in [1.82, 2.24) is 5.32 Å². The van der Waals surface area contributed by atoms with Gasteiger partial charge in [-0.15, -0.1) is 12.4 Å². The number of amides is 1. The van der Waals surface area contributed by atoms with Gasteiger partial charge in [0, 0.05) is 12.6 Å². The molecular weight excluding hydrogens is 248 g/mol. The minimum Gasteiger partial charge on any atom is -0.352 e. The number of hydrogen-bond acceptors (Lipinski definition) is 2. The molecule has 0 bridgehead atoms. The van der Waals surface area contributed by atoms with E-state index in [2.05, 4.69) is 17.4 Å². The Morgan fingerprint density at radius 1 is 1.33 bits per heavy atom. The highest BCUT2D eigenvalue weighted by Crippen LogP contribution is 2.23. The summed E-state index contributed by atoms with van der Waals surface area (Å²) in [7, 11) is 0. The average Bonchev–Trinajstić information content (AvgIpc) is 2.70. The van der Waals surface area contributed by atoms with Gasteiger partial charge in [0.2, 0.25) is 5.91 Å². The Balaban J connectivity index is 0.00000162. The summed E-state index contributed by atoms with van der Waals surface area (Å²) in [6, 6.07) is 8.59. The highest BCUT2D eigenvalue weighted by molar-refractivity contribution is 5.85. The molecule has 0 heterocycles. The number of carbonyl (C=O) groups excluding carboxylic acids is 1. The molecule has 0 aromatic heterocycles. The normalized spacial score (nSPS) is 14.8. The lowest BCUT2D eigenvalue weighted by Crippen LogP contribution is -2.46. The molecule has 2 rings (SSSR count). The van der Waals surface area contributed by atoms with E-state index in [-0.39, 0.29) is 24.4 Å². The number of nitrogens with one attached hydrogen (secondary N) is 1. The summed E-state index contributed by atoms with van der Waals surface area (Å²) in [5.41, 5.74) is 7.83. The van der Waals surface area contributed by atoms with Gasteiger partial charge in [0.05, 0.1) is 5.41 Å². The molecule has 0 fully saturated rings. The van der Waals surface area contributed by atoms with Crippen LogP contribution in [0.1, 0.15) is 25.0 Å². The number of carbonyl (C=O) groups is 1. The van der Waals surface area contributed by atoms with E-state index >= 15 is 0 Å². The summed E-state index contributed by atoms with van der Waals surface area (Å²) < 4.78 is 0. The summed E-state index contributed by atoms with van der Waals surface area (Å²) in [4.78, 5) is 12.0. The van der Waals surface area contributed by atoms with Crippen molar-refractivity contribution in [1.29, 1.82) is 0 Å². The first-order chi connectivity index (χ1) is 8.03. The van der Waals surface area contributed by atoms with Crippen molar-refractivity contribution in [2.24, 2.45) is 11.1 Å². The van der Waals surface area contributed by atoms with Crippen LogP contribution in [-0.4, -0.2) is 18.5 Å². The number of hydrogen-bond donors (Lipinski definition) is 2. The van der Waals surface area contributed by atoms with Crippen molar-refractivity contribution >= 4 is 18.3 Å². The van der Waals surface area contributed by atoms with E-state index < -0.39 is 5.41 Å². The molecule has 0 atom stereocenters. The number of fused-ring (bicyclic) bond motifs is 1. The third kappa shape index (κ3) is 3.03. The number of nitrogens with two attached hydrogens (primary N) is 1. The van der Waals surface area contributed by atoms with Crippen LogP contribution in [0.15, 0.2) is 24.3 Å². The zero-order chi connectivity index (χ0) is 12.5. The van der Waals surface area contributed by atoms with Gasteiger partial charge in [0.25, 0.3) is 0 Å². The molecule has 1 aliphatic rings. The van der Waals surface area contributed by atoms with Crippen molar-refractivity contribution in [2.45, 2.75) is 32.7 Å². The molecule has 0 saturated carbocycles. The van der Waals surface area contributed by atoms with Crippen LogP contribution in [0.2, 0.25) is 0 Å². The van der Waals surface area contributed by atoms with Gasteiger partial charge < -0.3 is 11.1 Å². The lowest BCUT2D eigenvalue weighted by atomic mass is 9.92. The molecule has 1 aliphatic carbocycles. The molecule has 0 aliphatic heterocycles. The number of rotatable bonds is 3. The van der Waals surface area contributed by atoms with Crippen molar-refractivity contribution in [2.75, 3.05) is 6.54 Å². The maximum Gasteiger partial charge on any atom is 0.227 e. The quantitative estimate of drug-likeness (QED) is 0.876. The topological polar surface area (TPSA) is 55.1 Å². The van der Waals surface area contributed by atoms with Gasteiger partial charge in [0.15, 0.2) is 0 Å². The van der Waals surface area contributed by atoms with Crippen LogP contribution in [0, 0.1) is 5.41 Å². The maximum absolute atomic E-state index is 12.0. The lowest BCUT2D eigenvalue weighted by molar-refractivity contribution is -0.129. The van der Waals surface area contributed by atoms with Crippen LogP contribution in [0.4, 0.5) is 0 Å². The Bertz CT molecular complexity index is 407. The molecule has 100 valence electrons. The van der Waals surface area contributed by atoms with Crippen LogP contribution in [-0.2, 0) is 17.6 Å². The Hall–Kier alpha value is -1.06. The van der Waals surface area contributed by atoms with Crippen LogP contribution in [0.25, 0.3) is 0 Å². The molecule has 1 aromatic carbocycles. The van der Waals surface area contributed by atoms with Gasteiger partial charge in [0.1, 0.15) is 0 Å². The van der Waals surface area contributed by atoms with E-state index in [9.17, 15) is 4.79 Å². The van der Waals surface area contributed by atoms with Gasteiger partial charge in [-0.25, -0.2) is 0 Å². The number of benzene rings is 1. The Morgan fingerprint density at radius 2 is 1.83 bits per heavy atom. The SMILES string of the molecule is CC(C)(CN)C(=O)NC1Cc2ccccc2C1.Cl. The van der Waals surface area contributed by atoms with E-state index in [1.807, 2.05) is 26.0 Å². The molecule has 3 N–H and O–H groups in total. The smallest absolute Gasteiger partial charge is 0.227 e. The molecule has 0 spiro atoms. The molecule has 0 unspecified atom stereocenters. The second kappa shape index (κ2) is 5.72. The van der Waals surface area contributed by atoms with Crippen molar-refractivity contribution in [3.8, 4) is 0 Å². The predicted molar refractivity (Wildman–Crippen MR) is 75.9 cm³/mol. The fraction of sp³-hybridized carbons (Fsp3) is 0.500. The lowest BCUT2D eigenvalue weighted by Gasteiger charge is -2.24. The molecule has 18 heavy (non-hydrogen) atoms. The van der Waals surface area contributed by atoms with E-state index in [0.717, 1.165) is 12.8 Å². The second-order valence-electron chi connectivity index (χ2n) is 5.44. The zero-order valence-corrected chi connectivity index (χ0v) is 11.7. The third-order valence-corrected chi connectivity index (χ3v) is 3.51. The summed E-state index contributed by atoms with van der Waals surface area (Å²) >= 11 is 0. The second-order valence-corrected chi connectivity index (χ2v) is 5.44. The Kier molecular flexibility index (Phi) is 4.77. The molecule has 3 nitrogen and oxygen atoms in total. The molecule has 4 heteroatoms. The minimum absolute atomic E-state index is 0. The minimum atomic E-state index is -0.477. The Morgan fingerprint density at radius 3 is 2.28 bits per heavy atom. The summed E-state index contributed by atoms with van der Waals surface area (Å²) in [5, 5.41) is 3.10. The fourth-order valence-electron chi connectivity index (χ4n) is 2.13. The van der Waals surface area contributed by atoms with Gasteiger partial charge in [-0.2, -0.15) is 0 Å². The highest BCUT2D eigenvalue weighted by atomic mass is 35.5. The van der Waals surface area contributed by atoms with Crippen molar-refractivity contribution < 1.29 is 4.79 Å². The van der Waals surface area contributed by atoms with Gasteiger partial charge >= 0.3 is 0 Å². The Labute approximate surface area is 115 Å². The van der Waals surface area contributed by atoms with E-state index in [1.54, 1.807) is 0 Å². The van der Waals surface area contributed by atoms with Crippen LogP contribution >= 0.6 is 12.4 Å². The van der Waals surface area contributed by atoms with Crippen LogP contribution in [0.3, 0.4) is 0 Å². The van der Waals surface area contributed by atoms with Crippen LogP contribution < -0.4 is 11.1 Å². The van der Waals surface area contributed by atoms with E-state index in [1.165, 1.54) is 11.1 Å². The first kappa shape index (κ1) is 15.0. The van der Waals surface area contributed by atoms with Gasteiger partial charge in [-0.3, -0.25) is 4.79 Å². The standard InChI is InChI=1S/C14H20N2O.ClH/c1-14(2,9-15)13(17)16-12-7-10-5-3-4-6-11(10)8-12;/h3-6,12H,7-9,15H2,1-2H3,(H,16,17);1H. The first-order valence-electron chi connectivity index (χ1n) is 6.11. The molecule has 0 radical (unpaired) electrons. The zero-order valence-electron chi connectivity index (χ0n) is 10.9. The molecule has 1 aromatic rings. The first-order valence-corrected chi connectivity index (χ1v) is 6.11. The maximum atomic E-state index is 12.0. The van der Waals surface area contributed by atoms with Crippen molar-refractivity contribution in [3.05, 3.63) is 35.4 Å². The average molecular weight is 269 g/mol. The summed E-state index contributed by atoms with van der Waals surface area (Å²) in [6.07, 6.45) is 1.87. The van der Waals surface area contributed by atoms with Crippen molar-refractivity contribution in [3.63, 3.8) is 0 Å². The van der Waals surface area contributed by atoms with Gasteiger partial charge in [-0.05, 0) is 37.8 Å². The highest BCUT2D eigenvalue weighted by Gasteiger charge is 2.30. The largest absolute Gasteiger partial charge is 0.352 e. The molecular formula is C14H21ClN2O. The monoisotopic (exact) mass is 268 g/mol. The molecule has 0 saturated heterocycles. The van der Waals surface area contributed by atoms with E-state index in [0.29, 0.717) is 6.54 Å². The number of halogens is 1.